The Labute approximate surface area is 139 Å². The molecule has 0 bridgehead atoms. The first-order valence-corrected chi connectivity index (χ1v) is 7.74. The van der Waals surface area contributed by atoms with Crippen molar-refractivity contribution in [3.63, 3.8) is 0 Å². The fourth-order valence-corrected chi connectivity index (χ4v) is 1.99. The van der Waals surface area contributed by atoms with Gasteiger partial charge in [0, 0.05) is 11.9 Å². The molecule has 2 heteroatoms. The van der Waals surface area contributed by atoms with Gasteiger partial charge >= 0.3 is 0 Å². The number of pyridine rings is 1. The molecule has 0 saturated carbocycles. The molecule has 0 fully saturated rings. The predicted octanol–water partition coefficient (Wildman–Crippen LogP) is 4.11. The van der Waals surface area contributed by atoms with Crippen molar-refractivity contribution in [3.05, 3.63) is 77.0 Å². The van der Waals surface area contributed by atoms with E-state index in [1.54, 1.807) is 6.20 Å². The number of hydrogen-bond donors (Lipinski definition) is 0. The van der Waals surface area contributed by atoms with E-state index in [2.05, 4.69) is 18.1 Å². The molecule has 0 radical (unpaired) electrons. The SMILES string of the molecule is C=C/C(C)=C\C(=C)C(C)=NC(/C(C)=C\C)=c1\nccc\c1=C\C. The summed E-state index contributed by atoms with van der Waals surface area (Å²) in [7, 11) is 0. The minimum absolute atomic E-state index is 0.870. The average molecular weight is 306 g/mol. The van der Waals surface area contributed by atoms with E-state index in [0.29, 0.717) is 0 Å². The third-order valence-electron chi connectivity index (χ3n) is 3.65. The monoisotopic (exact) mass is 306 g/mol. The second-order valence-electron chi connectivity index (χ2n) is 5.37. The Morgan fingerprint density at radius 1 is 1.22 bits per heavy atom. The van der Waals surface area contributed by atoms with Crippen LogP contribution in [0.2, 0.25) is 0 Å². The minimum Gasteiger partial charge on any atom is -0.254 e. The van der Waals surface area contributed by atoms with Crippen LogP contribution in [-0.2, 0) is 0 Å². The second kappa shape index (κ2) is 8.84. The van der Waals surface area contributed by atoms with Crippen molar-refractivity contribution in [2.75, 3.05) is 0 Å². The fraction of sp³-hybridized carbons (Fsp3) is 0.238. The van der Waals surface area contributed by atoms with E-state index in [1.165, 1.54) is 0 Å². The Morgan fingerprint density at radius 3 is 2.48 bits per heavy atom. The molecule has 1 aromatic heterocycles. The van der Waals surface area contributed by atoms with Crippen molar-refractivity contribution >= 4 is 17.5 Å². The zero-order chi connectivity index (χ0) is 17.4. The topological polar surface area (TPSA) is 25.2 Å². The summed E-state index contributed by atoms with van der Waals surface area (Å²) >= 11 is 0. The Balaban J connectivity index is 3.62. The molecule has 1 rings (SSSR count). The normalized spacial score (nSPS) is 15.5. The number of aromatic nitrogens is 1. The Kier molecular flexibility index (Phi) is 7.14. The molecule has 23 heavy (non-hydrogen) atoms. The van der Waals surface area contributed by atoms with Crippen LogP contribution >= 0.6 is 0 Å². The highest BCUT2D eigenvalue weighted by atomic mass is 14.8. The number of rotatable bonds is 5. The van der Waals surface area contributed by atoms with Gasteiger partial charge in [-0.3, -0.25) is 9.98 Å². The van der Waals surface area contributed by atoms with Crippen molar-refractivity contribution < 1.29 is 0 Å². The van der Waals surface area contributed by atoms with Gasteiger partial charge in [0.15, 0.2) is 0 Å². The number of allylic oxidation sites excluding steroid dienone is 5. The quantitative estimate of drug-likeness (QED) is 0.594. The highest BCUT2D eigenvalue weighted by molar-refractivity contribution is 6.03. The maximum absolute atomic E-state index is 4.82. The van der Waals surface area contributed by atoms with Gasteiger partial charge in [-0.1, -0.05) is 49.1 Å². The molecule has 120 valence electrons. The largest absolute Gasteiger partial charge is 0.254 e. The lowest BCUT2D eigenvalue weighted by Gasteiger charge is -2.06. The molecule has 1 heterocycles. The number of nitrogens with zero attached hydrogens (tertiary/aromatic N) is 2. The zero-order valence-electron chi connectivity index (χ0n) is 14.9. The molecular weight excluding hydrogens is 280 g/mol. The van der Waals surface area contributed by atoms with Crippen molar-refractivity contribution in [2.45, 2.75) is 34.6 Å². The molecular formula is C21H26N2. The smallest absolute Gasteiger partial charge is 0.0957 e. The highest BCUT2D eigenvalue weighted by Crippen LogP contribution is 2.13. The van der Waals surface area contributed by atoms with Gasteiger partial charge in [0.2, 0.25) is 0 Å². The van der Waals surface area contributed by atoms with Crippen LogP contribution in [0.3, 0.4) is 0 Å². The number of hydrogen-bond acceptors (Lipinski definition) is 2. The minimum atomic E-state index is 0.870. The Morgan fingerprint density at radius 2 is 1.91 bits per heavy atom. The van der Waals surface area contributed by atoms with Gasteiger partial charge in [-0.25, -0.2) is 0 Å². The first-order chi connectivity index (χ1) is 10.9. The van der Waals surface area contributed by atoms with Gasteiger partial charge < -0.3 is 0 Å². The summed E-state index contributed by atoms with van der Waals surface area (Å²) in [6.07, 6.45) is 9.69. The molecule has 0 aromatic carbocycles. The summed E-state index contributed by atoms with van der Waals surface area (Å²) in [6.45, 7) is 17.9. The van der Waals surface area contributed by atoms with E-state index in [4.69, 9.17) is 4.99 Å². The molecule has 0 spiro atoms. The molecule has 0 amide bonds. The Hall–Kier alpha value is -2.48. The van der Waals surface area contributed by atoms with Crippen LogP contribution in [0.5, 0.6) is 0 Å². The molecule has 0 unspecified atom stereocenters. The van der Waals surface area contributed by atoms with E-state index in [9.17, 15) is 0 Å². The van der Waals surface area contributed by atoms with Crippen LogP contribution in [0, 0.1) is 0 Å². The third-order valence-corrected chi connectivity index (χ3v) is 3.65. The molecule has 0 saturated heterocycles. The maximum atomic E-state index is 4.82. The van der Waals surface area contributed by atoms with Crippen LogP contribution in [-0.4, -0.2) is 10.7 Å². The average Bonchev–Trinajstić information content (AvgIpc) is 2.58. The van der Waals surface area contributed by atoms with Crippen molar-refractivity contribution in [1.82, 2.24) is 4.98 Å². The van der Waals surface area contributed by atoms with Gasteiger partial charge in [-0.2, -0.15) is 0 Å². The summed E-state index contributed by atoms with van der Waals surface area (Å²) in [5, 5.41) is 1.96. The van der Waals surface area contributed by atoms with Crippen molar-refractivity contribution in [2.24, 2.45) is 4.99 Å². The standard InChI is InChI=1S/C21H26N2/c1-8-15(4)14-17(6)18(7)23-20(16(5)9-2)21-19(10-3)12-11-13-22-21/h8-14H,1,6H2,2-5,7H3/b15-14-,16-9-,19-10-,21-20-,23-18?. The van der Waals surface area contributed by atoms with Crippen molar-refractivity contribution in [3.8, 4) is 0 Å². The van der Waals surface area contributed by atoms with Gasteiger partial charge in [0.25, 0.3) is 0 Å². The third kappa shape index (κ3) is 5.03. The highest BCUT2D eigenvalue weighted by Gasteiger charge is 2.04. The lowest BCUT2D eigenvalue weighted by Crippen LogP contribution is -2.30. The molecule has 0 atom stereocenters. The zero-order valence-corrected chi connectivity index (χ0v) is 14.9. The Bertz CT molecular complexity index is 802. The van der Waals surface area contributed by atoms with Gasteiger partial charge in [-0.15, -0.1) is 0 Å². The van der Waals surface area contributed by atoms with Crippen LogP contribution < -0.4 is 10.6 Å². The van der Waals surface area contributed by atoms with Gasteiger partial charge in [0.05, 0.1) is 11.0 Å². The molecule has 0 aliphatic carbocycles. The molecule has 0 N–H and O–H groups in total. The first-order valence-electron chi connectivity index (χ1n) is 7.74. The van der Waals surface area contributed by atoms with Crippen LogP contribution in [0.1, 0.15) is 34.6 Å². The summed E-state index contributed by atoms with van der Waals surface area (Å²) in [4.78, 5) is 9.35. The summed E-state index contributed by atoms with van der Waals surface area (Å²) in [5.74, 6) is 0. The molecule has 1 aromatic rings. The lowest BCUT2D eigenvalue weighted by molar-refractivity contribution is 1.18. The summed E-state index contributed by atoms with van der Waals surface area (Å²) in [6, 6.07) is 3.99. The molecule has 0 aliphatic heterocycles. The van der Waals surface area contributed by atoms with E-state index in [-0.39, 0.29) is 0 Å². The summed E-state index contributed by atoms with van der Waals surface area (Å²) < 4.78 is 0. The van der Waals surface area contributed by atoms with E-state index in [1.807, 2.05) is 71.1 Å². The van der Waals surface area contributed by atoms with Crippen LogP contribution in [0.4, 0.5) is 0 Å². The molecule has 0 aliphatic rings. The van der Waals surface area contributed by atoms with Crippen LogP contribution in [0.15, 0.2) is 71.4 Å². The first kappa shape index (κ1) is 18.6. The van der Waals surface area contributed by atoms with Crippen molar-refractivity contribution in [1.29, 1.82) is 0 Å². The maximum Gasteiger partial charge on any atom is 0.0957 e. The molecule has 2 nitrogen and oxygen atoms in total. The van der Waals surface area contributed by atoms with E-state index >= 15 is 0 Å². The number of aliphatic imine (C=N–C) groups is 1. The van der Waals surface area contributed by atoms with E-state index in [0.717, 1.165) is 38.7 Å². The summed E-state index contributed by atoms with van der Waals surface area (Å²) in [5.41, 5.74) is 4.78. The fourth-order valence-electron chi connectivity index (χ4n) is 1.99. The van der Waals surface area contributed by atoms with Gasteiger partial charge in [0.1, 0.15) is 0 Å². The lowest BCUT2D eigenvalue weighted by atomic mass is 10.1. The second-order valence-corrected chi connectivity index (χ2v) is 5.37. The predicted molar refractivity (Wildman–Crippen MR) is 103 cm³/mol. The van der Waals surface area contributed by atoms with Gasteiger partial charge in [-0.05, 0) is 57.0 Å². The van der Waals surface area contributed by atoms with E-state index < -0.39 is 0 Å². The van der Waals surface area contributed by atoms with Crippen LogP contribution in [0.25, 0.3) is 11.8 Å².